The van der Waals surface area contributed by atoms with Crippen LogP contribution < -0.4 is 4.72 Å². The Hall–Kier alpha value is -2.27. The van der Waals surface area contributed by atoms with E-state index in [-0.39, 0.29) is 11.7 Å². The molecule has 1 aromatic heterocycles. The van der Waals surface area contributed by atoms with Gasteiger partial charge in [0.2, 0.25) is 5.84 Å². The normalized spacial score (nSPS) is 20.9. The van der Waals surface area contributed by atoms with Crippen molar-refractivity contribution in [2.45, 2.75) is 6.04 Å². The molecular weight excluding hydrogens is 258 g/mol. The van der Waals surface area contributed by atoms with Crippen molar-refractivity contribution in [3.8, 4) is 12.3 Å². The molecule has 0 aliphatic carbocycles. The van der Waals surface area contributed by atoms with Gasteiger partial charge in [-0.15, -0.1) is 10.8 Å². The maximum Gasteiger partial charge on any atom is 0.347 e. The van der Waals surface area contributed by atoms with Crippen molar-refractivity contribution in [2.75, 3.05) is 7.11 Å². The lowest BCUT2D eigenvalue weighted by atomic mass is 10.2. The van der Waals surface area contributed by atoms with Crippen LogP contribution in [0.5, 0.6) is 0 Å². The molecule has 1 unspecified atom stereocenters. The number of rotatable bonds is 2. The van der Waals surface area contributed by atoms with E-state index in [1.54, 1.807) is 12.1 Å². The Balaban J connectivity index is 2.35. The summed E-state index contributed by atoms with van der Waals surface area (Å²) in [5.41, 5.74) is 0. The molecule has 94 valence electrons. The van der Waals surface area contributed by atoms with Crippen LogP contribution in [0, 0.1) is 12.3 Å². The SMILES string of the molecule is C#CC(N=C1NS(=O)(=O)N=C1OC)c1ccco1. The zero-order valence-corrected chi connectivity index (χ0v) is 10.1. The maximum atomic E-state index is 11.2. The van der Waals surface area contributed by atoms with Crippen molar-refractivity contribution >= 4 is 21.9 Å². The van der Waals surface area contributed by atoms with Crippen molar-refractivity contribution in [3.63, 3.8) is 0 Å². The van der Waals surface area contributed by atoms with Gasteiger partial charge in [0.05, 0.1) is 13.4 Å². The van der Waals surface area contributed by atoms with E-state index in [2.05, 4.69) is 20.0 Å². The summed E-state index contributed by atoms with van der Waals surface area (Å²) in [6.45, 7) is 0. The third-order valence-corrected chi connectivity index (χ3v) is 2.91. The van der Waals surface area contributed by atoms with Gasteiger partial charge in [-0.25, -0.2) is 9.71 Å². The fraction of sp³-hybridized carbons (Fsp3) is 0.200. The number of hydrogen-bond acceptors (Lipinski definition) is 5. The molecule has 1 aliphatic rings. The Morgan fingerprint density at radius 3 is 3.00 bits per heavy atom. The van der Waals surface area contributed by atoms with E-state index in [0.717, 1.165) is 0 Å². The predicted octanol–water partition coefficient (Wildman–Crippen LogP) is 0.245. The monoisotopic (exact) mass is 267 g/mol. The Bertz CT molecular complexity index is 637. The fourth-order valence-corrected chi connectivity index (χ4v) is 2.12. The highest BCUT2D eigenvalue weighted by atomic mass is 32.2. The fourth-order valence-electron chi connectivity index (χ4n) is 1.32. The van der Waals surface area contributed by atoms with Crippen molar-refractivity contribution in [1.82, 2.24) is 4.72 Å². The largest absolute Gasteiger partial charge is 0.478 e. The molecular formula is C10H9N3O4S. The van der Waals surface area contributed by atoms with Gasteiger partial charge in [-0.3, -0.25) is 0 Å². The van der Waals surface area contributed by atoms with Crippen LogP contribution in [-0.2, 0) is 14.9 Å². The first-order valence-corrected chi connectivity index (χ1v) is 6.24. The highest BCUT2D eigenvalue weighted by Crippen LogP contribution is 2.18. The Morgan fingerprint density at radius 2 is 2.44 bits per heavy atom. The minimum absolute atomic E-state index is 0.0446. The van der Waals surface area contributed by atoms with E-state index in [4.69, 9.17) is 15.6 Å². The van der Waals surface area contributed by atoms with Crippen molar-refractivity contribution in [2.24, 2.45) is 9.39 Å². The van der Waals surface area contributed by atoms with Gasteiger partial charge >= 0.3 is 10.2 Å². The Labute approximate surface area is 104 Å². The van der Waals surface area contributed by atoms with Gasteiger partial charge in [0.15, 0.2) is 6.04 Å². The second kappa shape index (κ2) is 4.54. The summed E-state index contributed by atoms with van der Waals surface area (Å²) in [6, 6.07) is 2.54. The molecule has 0 radical (unpaired) electrons. The van der Waals surface area contributed by atoms with Crippen molar-refractivity contribution < 1.29 is 17.6 Å². The molecule has 0 spiro atoms. The summed E-state index contributed by atoms with van der Waals surface area (Å²) < 4.78 is 37.8. The summed E-state index contributed by atoms with van der Waals surface area (Å²) >= 11 is 0. The summed E-state index contributed by atoms with van der Waals surface area (Å²) in [5, 5.41) is 0. The van der Waals surface area contributed by atoms with Crippen molar-refractivity contribution in [1.29, 1.82) is 0 Å². The molecule has 18 heavy (non-hydrogen) atoms. The van der Waals surface area contributed by atoms with Gasteiger partial charge in [0.1, 0.15) is 5.76 Å². The highest BCUT2D eigenvalue weighted by molar-refractivity contribution is 7.89. The zero-order chi connectivity index (χ0) is 13.2. The smallest absolute Gasteiger partial charge is 0.347 e. The topological polar surface area (TPSA) is 93.3 Å². The van der Waals surface area contributed by atoms with Crippen LogP contribution in [-0.4, -0.2) is 27.3 Å². The number of nitrogens with one attached hydrogen (secondary N) is 1. The minimum atomic E-state index is -3.80. The van der Waals surface area contributed by atoms with Gasteiger partial charge in [-0.1, -0.05) is 5.92 Å². The highest BCUT2D eigenvalue weighted by Gasteiger charge is 2.28. The first-order valence-electron chi connectivity index (χ1n) is 4.80. The standard InChI is InChI=1S/C10H9N3O4S/c1-3-7(8-5-4-6-17-8)11-9-10(16-2)13-18(14,15)12-9/h1,4-7H,2H3,(H,11,12). The third-order valence-electron chi connectivity index (χ3n) is 2.05. The van der Waals surface area contributed by atoms with Gasteiger partial charge in [-0.2, -0.15) is 8.42 Å². The third kappa shape index (κ3) is 2.36. The van der Waals surface area contributed by atoms with Crippen LogP contribution in [0.2, 0.25) is 0 Å². The van der Waals surface area contributed by atoms with Crippen molar-refractivity contribution in [3.05, 3.63) is 24.2 Å². The number of furan rings is 1. The molecule has 8 heteroatoms. The number of nitrogens with zero attached hydrogens (tertiary/aromatic N) is 2. The van der Waals surface area contributed by atoms with E-state index >= 15 is 0 Å². The van der Waals surface area contributed by atoms with Crippen LogP contribution in [0.1, 0.15) is 11.8 Å². The van der Waals surface area contributed by atoms with Gasteiger partial charge in [-0.05, 0) is 12.1 Å². The summed E-state index contributed by atoms with van der Waals surface area (Å²) in [7, 11) is -2.51. The van der Waals surface area contributed by atoms with E-state index < -0.39 is 16.3 Å². The van der Waals surface area contributed by atoms with Crippen LogP contribution >= 0.6 is 0 Å². The van der Waals surface area contributed by atoms with Gasteiger partial charge in [0.25, 0.3) is 5.90 Å². The van der Waals surface area contributed by atoms with E-state index in [0.29, 0.717) is 5.76 Å². The number of amidine groups is 1. The molecule has 1 aromatic rings. The zero-order valence-electron chi connectivity index (χ0n) is 9.32. The molecule has 0 saturated carbocycles. The van der Waals surface area contributed by atoms with Gasteiger partial charge in [0, 0.05) is 0 Å². The number of ether oxygens (including phenoxy) is 1. The molecule has 1 N–H and O–H groups in total. The van der Waals surface area contributed by atoms with E-state index in [1.165, 1.54) is 13.4 Å². The molecule has 7 nitrogen and oxygen atoms in total. The van der Waals surface area contributed by atoms with Crippen LogP contribution in [0.4, 0.5) is 0 Å². The molecule has 0 saturated heterocycles. The Kier molecular flexibility index (Phi) is 3.08. The second-order valence-corrected chi connectivity index (χ2v) is 4.58. The minimum Gasteiger partial charge on any atom is -0.478 e. The first-order chi connectivity index (χ1) is 8.55. The average molecular weight is 267 g/mol. The lowest BCUT2D eigenvalue weighted by Crippen LogP contribution is -2.28. The second-order valence-electron chi connectivity index (χ2n) is 3.24. The summed E-state index contributed by atoms with van der Waals surface area (Å²) in [6.07, 6.45) is 6.77. The Morgan fingerprint density at radius 1 is 1.67 bits per heavy atom. The molecule has 2 heterocycles. The lowest BCUT2D eigenvalue weighted by Gasteiger charge is -2.04. The number of terminal acetylenes is 1. The first kappa shape index (κ1) is 12.2. The van der Waals surface area contributed by atoms with Gasteiger partial charge < -0.3 is 9.15 Å². The van der Waals surface area contributed by atoms with Crippen LogP contribution in [0.25, 0.3) is 0 Å². The van der Waals surface area contributed by atoms with E-state index in [1.807, 2.05) is 0 Å². The number of hydrogen-bond donors (Lipinski definition) is 1. The molecule has 0 bridgehead atoms. The summed E-state index contributed by atoms with van der Waals surface area (Å²) in [4.78, 5) is 4.03. The molecule has 0 aromatic carbocycles. The molecule has 1 aliphatic heterocycles. The molecule has 1 atom stereocenters. The van der Waals surface area contributed by atoms with Crippen LogP contribution in [0.3, 0.4) is 0 Å². The molecule has 2 rings (SSSR count). The molecule has 0 fully saturated rings. The van der Waals surface area contributed by atoms with E-state index in [9.17, 15) is 8.42 Å². The lowest BCUT2D eigenvalue weighted by molar-refractivity contribution is 0.412. The molecule has 0 amide bonds. The average Bonchev–Trinajstić information content (AvgIpc) is 2.93. The predicted molar refractivity (Wildman–Crippen MR) is 64.2 cm³/mol. The summed E-state index contributed by atoms with van der Waals surface area (Å²) in [5.74, 6) is 2.62. The van der Waals surface area contributed by atoms with Crippen LogP contribution in [0.15, 0.2) is 32.2 Å². The number of methoxy groups -OCH3 is 1. The maximum absolute atomic E-state index is 11.2. The number of aliphatic imine (C=N–C) groups is 1. The quantitative estimate of drug-likeness (QED) is 0.777.